The third kappa shape index (κ3) is 2.76. The molecule has 1 fully saturated rings. The fraction of sp³-hybridized carbons (Fsp3) is 0.533. The minimum absolute atomic E-state index is 0.248. The molecule has 1 N–H and O–H groups in total. The monoisotopic (exact) mass is 324 g/mol. The summed E-state index contributed by atoms with van der Waals surface area (Å²) in [7, 11) is 0. The zero-order valence-electron chi connectivity index (χ0n) is 11.2. The first-order valence-electron chi connectivity index (χ1n) is 6.73. The van der Waals surface area contributed by atoms with Crippen LogP contribution in [0.3, 0.4) is 0 Å². The van der Waals surface area contributed by atoms with Gasteiger partial charge < -0.3 is 5.32 Å². The summed E-state index contributed by atoms with van der Waals surface area (Å²) in [6.07, 6.45) is 3.46. The molecule has 19 heavy (non-hydrogen) atoms. The first-order valence-corrected chi connectivity index (χ1v) is 7.52. The van der Waals surface area contributed by atoms with E-state index in [1.54, 1.807) is 12.1 Å². The minimum Gasteiger partial charge on any atom is -0.380 e. The summed E-state index contributed by atoms with van der Waals surface area (Å²) in [5, 5.41) is 12.2. The van der Waals surface area contributed by atoms with E-state index in [0.717, 1.165) is 12.3 Å². The van der Waals surface area contributed by atoms with Crippen LogP contribution >= 0.6 is 15.9 Å². The van der Waals surface area contributed by atoms with Crippen LogP contribution < -0.4 is 5.32 Å². The molecular formula is C15H18BrFN2. The lowest BCUT2D eigenvalue weighted by atomic mass is 9.93. The Balaban J connectivity index is 2.17. The number of hydrogen-bond acceptors (Lipinski definition) is 2. The summed E-state index contributed by atoms with van der Waals surface area (Å²) in [4.78, 5) is 0. The van der Waals surface area contributed by atoms with Crippen LogP contribution in [0.5, 0.6) is 0 Å². The summed E-state index contributed by atoms with van der Waals surface area (Å²) in [5.41, 5.74) is 0.813. The lowest BCUT2D eigenvalue weighted by Gasteiger charge is -2.22. The van der Waals surface area contributed by atoms with Gasteiger partial charge in [-0.25, -0.2) is 4.39 Å². The van der Waals surface area contributed by atoms with Gasteiger partial charge in [0.25, 0.3) is 0 Å². The van der Waals surface area contributed by atoms with Gasteiger partial charge in [-0.15, -0.1) is 0 Å². The number of nitrogens with zero attached hydrogens (tertiary/aromatic N) is 1. The summed E-state index contributed by atoms with van der Waals surface area (Å²) in [6, 6.07) is 5.59. The van der Waals surface area contributed by atoms with Crippen molar-refractivity contribution in [3.8, 4) is 6.07 Å². The van der Waals surface area contributed by atoms with Gasteiger partial charge in [-0.1, -0.05) is 20.3 Å². The lowest BCUT2D eigenvalue weighted by Crippen LogP contribution is -2.25. The van der Waals surface area contributed by atoms with Crippen molar-refractivity contribution in [2.75, 3.05) is 5.32 Å². The van der Waals surface area contributed by atoms with E-state index >= 15 is 0 Å². The molecule has 3 atom stereocenters. The molecule has 1 aliphatic rings. The van der Waals surface area contributed by atoms with Crippen LogP contribution in [-0.2, 0) is 0 Å². The number of rotatable bonds is 3. The molecule has 0 heterocycles. The first kappa shape index (κ1) is 14.3. The molecule has 1 aromatic rings. The van der Waals surface area contributed by atoms with E-state index in [-0.39, 0.29) is 10.3 Å². The van der Waals surface area contributed by atoms with Gasteiger partial charge in [0.05, 0.1) is 15.7 Å². The van der Waals surface area contributed by atoms with Crippen LogP contribution in [0.4, 0.5) is 10.1 Å². The summed E-state index contributed by atoms with van der Waals surface area (Å²) < 4.78 is 14.4. The van der Waals surface area contributed by atoms with Gasteiger partial charge in [-0.3, -0.25) is 0 Å². The van der Waals surface area contributed by atoms with E-state index in [4.69, 9.17) is 5.26 Å². The third-order valence-electron chi connectivity index (χ3n) is 4.29. The van der Waals surface area contributed by atoms with Crippen LogP contribution in [0.15, 0.2) is 16.6 Å². The molecule has 4 heteroatoms. The Labute approximate surface area is 122 Å². The highest BCUT2D eigenvalue weighted by Gasteiger charge is 2.31. The van der Waals surface area contributed by atoms with Crippen LogP contribution in [-0.4, -0.2) is 6.04 Å². The van der Waals surface area contributed by atoms with Crippen LogP contribution in [0.1, 0.15) is 38.7 Å². The van der Waals surface area contributed by atoms with E-state index in [1.807, 2.05) is 6.07 Å². The second-order valence-electron chi connectivity index (χ2n) is 5.26. The van der Waals surface area contributed by atoms with Gasteiger partial charge in [-0.2, -0.15) is 5.26 Å². The molecule has 102 valence electrons. The van der Waals surface area contributed by atoms with Gasteiger partial charge in [0.15, 0.2) is 5.82 Å². The number of anilines is 1. The van der Waals surface area contributed by atoms with Gasteiger partial charge >= 0.3 is 0 Å². The van der Waals surface area contributed by atoms with Crippen molar-refractivity contribution in [2.45, 2.75) is 39.2 Å². The van der Waals surface area contributed by atoms with Crippen molar-refractivity contribution >= 4 is 21.6 Å². The Bertz CT molecular complexity index is 510. The highest BCUT2D eigenvalue weighted by Crippen LogP contribution is 2.37. The maximum Gasteiger partial charge on any atom is 0.161 e. The smallest absolute Gasteiger partial charge is 0.161 e. The maximum atomic E-state index is 14.1. The van der Waals surface area contributed by atoms with E-state index in [1.165, 1.54) is 12.8 Å². The van der Waals surface area contributed by atoms with Crippen molar-refractivity contribution in [1.82, 2.24) is 0 Å². The second kappa shape index (κ2) is 5.92. The van der Waals surface area contributed by atoms with Crippen molar-refractivity contribution in [2.24, 2.45) is 11.8 Å². The van der Waals surface area contributed by atoms with Crippen molar-refractivity contribution in [1.29, 1.82) is 5.26 Å². The zero-order valence-corrected chi connectivity index (χ0v) is 12.8. The Morgan fingerprint density at radius 3 is 2.79 bits per heavy atom. The third-order valence-corrected chi connectivity index (χ3v) is 5.07. The molecule has 0 aliphatic heterocycles. The second-order valence-corrected chi connectivity index (χ2v) is 6.05. The minimum atomic E-state index is -0.369. The van der Waals surface area contributed by atoms with Crippen LogP contribution in [0, 0.1) is 29.0 Å². The van der Waals surface area contributed by atoms with Crippen molar-refractivity contribution < 1.29 is 4.39 Å². The van der Waals surface area contributed by atoms with Crippen LogP contribution in [0.25, 0.3) is 0 Å². The van der Waals surface area contributed by atoms with Gasteiger partial charge in [-0.05, 0) is 52.7 Å². The molecule has 0 spiro atoms. The van der Waals surface area contributed by atoms with Gasteiger partial charge in [0.2, 0.25) is 0 Å². The van der Waals surface area contributed by atoms with Gasteiger partial charge in [0, 0.05) is 6.04 Å². The molecule has 0 aromatic heterocycles. The number of hydrogen-bond donors (Lipinski definition) is 1. The Morgan fingerprint density at radius 1 is 1.47 bits per heavy atom. The molecule has 2 rings (SSSR count). The largest absolute Gasteiger partial charge is 0.380 e. The molecule has 0 radical (unpaired) electrons. The molecule has 1 aromatic carbocycles. The average molecular weight is 325 g/mol. The van der Waals surface area contributed by atoms with E-state index in [9.17, 15) is 4.39 Å². The SMILES string of the molecule is CCC1CCC(Nc2ccc(C#N)c(Br)c2F)C1C. The Hall–Kier alpha value is -1.08. The zero-order chi connectivity index (χ0) is 14.0. The molecule has 1 aliphatic carbocycles. The molecule has 2 nitrogen and oxygen atoms in total. The Kier molecular flexibility index (Phi) is 4.46. The van der Waals surface area contributed by atoms with Gasteiger partial charge in [0.1, 0.15) is 6.07 Å². The molecule has 0 bridgehead atoms. The maximum absolute atomic E-state index is 14.1. The topological polar surface area (TPSA) is 35.8 Å². The molecule has 0 saturated heterocycles. The summed E-state index contributed by atoms with van der Waals surface area (Å²) in [5.74, 6) is 0.910. The van der Waals surface area contributed by atoms with Crippen LogP contribution in [0.2, 0.25) is 0 Å². The van der Waals surface area contributed by atoms with Crippen molar-refractivity contribution in [3.63, 3.8) is 0 Å². The highest BCUT2D eigenvalue weighted by molar-refractivity contribution is 9.10. The van der Waals surface area contributed by atoms with E-state index < -0.39 is 0 Å². The fourth-order valence-corrected chi connectivity index (χ4v) is 3.41. The number of nitriles is 1. The molecule has 1 saturated carbocycles. The first-order chi connectivity index (χ1) is 9.08. The molecule has 0 amide bonds. The number of nitrogens with one attached hydrogen (secondary N) is 1. The van der Waals surface area contributed by atoms with Crippen molar-refractivity contribution in [3.05, 3.63) is 28.0 Å². The predicted molar refractivity (Wildman–Crippen MR) is 78.4 cm³/mol. The lowest BCUT2D eigenvalue weighted by molar-refractivity contribution is 0.391. The molecule has 3 unspecified atom stereocenters. The molecular weight excluding hydrogens is 307 g/mol. The highest BCUT2D eigenvalue weighted by atomic mass is 79.9. The van der Waals surface area contributed by atoms with E-state index in [0.29, 0.717) is 23.2 Å². The fourth-order valence-electron chi connectivity index (χ4n) is 2.97. The van der Waals surface area contributed by atoms with E-state index in [2.05, 4.69) is 35.1 Å². The quantitative estimate of drug-likeness (QED) is 0.874. The normalized spacial score (nSPS) is 26.2. The number of halogens is 2. The standard InChI is InChI=1S/C15H18BrFN2/c1-3-10-4-6-12(9(10)2)19-13-7-5-11(8-18)14(16)15(13)17/h5,7,9-10,12,19H,3-4,6H2,1-2H3. The summed E-state index contributed by atoms with van der Waals surface area (Å²) in [6.45, 7) is 4.44. The Morgan fingerprint density at radius 2 is 2.21 bits per heavy atom. The average Bonchev–Trinajstić information content (AvgIpc) is 2.76. The predicted octanol–water partition coefficient (Wildman–Crippen LogP) is 4.70. The summed E-state index contributed by atoms with van der Waals surface area (Å²) >= 11 is 3.14. The number of benzene rings is 1.